The van der Waals surface area contributed by atoms with Crippen LogP contribution in [0.5, 0.6) is 5.75 Å². The molecule has 3 aromatic rings. The number of ether oxygens (including phenoxy) is 1. The van der Waals surface area contributed by atoms with Crippen molar-refractivity contribution in [2.45, 2.75) is 52.9 Å². The van der Waals surface area contributed by atoms with Crippen molar-refractivity contribution in [1.29, 1.82) is 0 Å². The standard InChI is InChI=1S/C24H30N2O/c1-5-9-19(6-2)23-13-12-21(17-24(23)26-15-14-18(4)25-26)20-10-8-11-22(16-20)27-7-3/h8,10-17,19H,5-7,9H2,1-4H3. The average molecular weight is 363 g/mol. The molecule has 0 aliphatic rings. The van der Waals surface area contributed by atoms with Gasteiger partial charge >= 0.3 is 0 Å². The molecule has 1 unspecified atom stereocenters. The van der Waals surface area contributed by atoms with E-state index in [1.54, 1.807) is 0 Å². The maximum atomic E-state index is 5.68. The lowest BCUT2D eigenvalue weighted by molar-refractivity contribution is 0.340. The molecule has 0 amide bonds. The molecule has 1 aromatic heterocycles. The van der Waals surface area contributed by atoms with Gasteiger partial charge in [-0.3, -0.25) is 0 Å². The summed E-state index contributed by atoms with van der Waals surface area (Å²) < 4.78 is 7.71. The van der Waals surface area contributed by atoms with Crippen LogP contribution >= 0.6 is 0 Å². The molecule has 0 bridgehead atoms. The van der Waals surface area contributed by atoms with Gasteiger partial charge in [0.05, 0.1) is 18.0 Å². The van der Waals surface area contributed by atoms with E-state index in [1.165, 1.54) is 35.2 Å². The van der Waals surface area contributed by atoms with Crippen molar-refractivity contribution in [3.05, 3.63) is 66.0 Å². The number of aryl methyl sites for hydroxylation is 1. The summed E-state index contributed by atoms with van der Waals surface area (Å²) in [7, 11) is 0. The summed E-state index contributed by atoms with van der Waals surface area (Å²) >= 11 is 0. The number of hydrogen-bond donors (Lipinski definition) is 0. The lowest BCUT2D eigenvalue weighted by atomic mass is 9.89. The van der Waals surface area contributed by atoms with Crippen molar-refractivity contribution in [2.24, 2.45) is 0 Å². The van der Waals surface area contributed by atoms with Crippen LogP contribution in [0.1, 0.15) is 57.2 Å². The van der Waals surface area contributed by atoms with Gasteiger partial charge in [0.2, 0.25) is 0 Å². The summed E-state index contributed by atoms with van der Waals surface area (Å²) in [6.45, 7) is 9.26. The maximum Gasteiger partial charge on any atom is 0.119 e. The first-order valence-corrected chi connectivity index (χ1v) is 10.1. The summed E-state index contributed by atoms with van der Waals surface area (Å²) in [5.41, 5.74) is 5.96. The van der Waals surface area contributed by atoms with Gasteiger partial charge in [-0.25, -0.2) is 4.68 Å². The molecule has 27 heavy (non-hydrogen) atoms. The third-order valence-electron chi connectivity index (χ3n) is 5.05. The first-order chi connectivity index (χ1) is 13.2. The van der Waals surface area contributed by atoms with E-state index in [4.69, 9.17) is 9.84 Å². The van der Waals surface area contributed by atoms with Gasteiger partial charge in [0.15, 0.2) is 0 Å². The van der Waals surface area contributed by atoms with E-state index in [2.05, 4.69) is 62.5 Å². The molecule has 0 aliphatic carbocycles. The summed E-state index contributed by atoms with van der Waals surface area (Å²) in [5, 5.41) is 4.69. The highest BCUT2D eigenvalue weighted by Crippen LogP contribution is 2.34. The summed E-state index contributed by atoms with van der Waals surface area (Å²) in [6.07, 6.45) is 5.59. The lowest BCUT2D eigenvalue weighted by Crippen LogP contribution is -2.06. The number of nitrogens with zero attached hydrogens (tertiary/aromatic N) is 2. The Balaban J connectivity index is 2.09. The van der Waals surface area contributed by atoms with Gasteiger partial charge in [-0.15, -0.1) is 0 Å². The Morgan fingerprint density at radius 1 is 1.00 bits per heavy atom. The summed E-state index contributed by atoms with van der Waals surface area (Å²) in [5.74, 6) is 1.46. The van der Waals surface area contributed by atoms with Crippen LogP contribution in [-0.4, -0.2) is 16.4 Å². The van der Waals surface area contributed by atoms with Crippen molar-refractivity contribution < 1.29 is 4.74 Å². The highest BCUT2D eigenvalue weighted by Gasteiger charge is 2.16. The van der Waals surface area contributed by atoms with E-state index in [9.17, 15) is 0 Å². The van der Waals surface area contributed by atoms with E-state index in [1.807, 2.05) is 24.6 Å². The molecule has 0 saturated heterocycles. The average Bonchev–Trinajstić information content (AvgIpc) is 3.12. The van der Waals surface area contributed by atoms with E-state index >= 15 is 0 Å². The fourth-order valence-electron chi connectivity index (χ4n) is 3.68. The Morgan fingerprint density at radius 3 is 2.48 bits per heavy atom. The third kappa shape index (κ3) is 4.41. The molecule has 0 fully saturated rings. The minimum Gasteiger partial charge on any atom is -0.494 e. The van der Waals surface area contributed by atoms with Crippen LogP contribution in [0.25, 0.3) is 16.8 Å². The van der Waals surface area contributed by atoms with Crippen LogP contribution in [0.15, 0.2) is 54.7 Å². The van der Waals surface area contributed by atoms with Crippen molar-refractivity contribution in [3.8, 4) is 22.6 Å². The van der Waals surface area contributed by atoms with Gasteiger partial charge in [0.1, 0.15) is 5.75 Å². The molecule has 0 radical (unpaired) electrons. The zero-order valence-electron chi connectivity index (χ0n) is 16.9. The molecular formula is C24H30N2O. The van der Waals surface area contributed by atoms with Crippen LogP contribution in [0.4, 0.5) is 0 Å². The Hall–Kier alpha value is -2.55. The Bertz CT molecular complexity index is 882. The van der Waals surface area contributed by atoms with Gasteiger partial charge < -0.3 is 4.74 Å². The Morgan fingerprint density at radius 2 is 1.81 bits per heavy atom. The van der Waals surface area contributed by atoms with Crippen LogP contribution in [0, 0.1) is 6.92 Å². The molecule has 3 rings (SSSR count). The Labute approximate surface area is 163 Å². The molecule has 1 atom stereocenters. The highest BCUT2D eigenvalue weighted by atomic mass is 16.5. The van der Waals surface area contributed by atoms with Crippen molar-refractivity contribution >= 4 is 0 Å². The molecule has 3 nitrogen and oxygen atoms in total. The van der Waals surface area contributed by atoms with E-state index in [-0.39, 0.29) is 0 Å². The van der Waals surface area contributed by atoms with Crippen molar-refractivity contribution in [2.75, 3.05) is 6.61 Å². The van der Waals surface area contributed by atoms with Gasteiger partial charge in [-0.1, -0.05) is 44.5 Å². The second kappa shape index (κ2) is 8.90. The molecule has 3 heteroatoms. The molecular weight excluding hydrogens is 332 g/mol. The molecule has 142 valence electrons. The minimum absolute atomic E-state index is 0.554. The zero-order valence-corrected chi connectivity index (χ0v) is 16.9. The van der Waals surface area contributed by atoms with E-state index in [0.717, 1.165) is 17.9 Å². The van der Waals surface area contributed by atoms with Gasteiger partial charge in [0.25, 0.3) is 0 Å². The fourth-order valence-corrected chi connectivity index (χ4v) is 3.68. The normalized spacial score (nSPS) is 12.1. The number of aromatic nitrogens is 2. The first-order valence-electron chi connectivity index (χ1n) is 10.1. The van der Waals surface area contributed by atoms with Crippen LogP contribution in [0.2, 0.25) is 0 Å². The number of rotatable bonds is 8. The third-order valence-corrected chi connectivity index (χ3v) is 5.05. The van der Waals surface area contributed by atoms with Crippen LogP contribution in [-0.2, 0) is 0 Å². The van der Waals surface area contributed by atoms with Gasteiger partial charge in [0, 0.05) is 6.20 Å². The highest BCUT2D eigenvalue weighted by molar-refractivity contribution is 5.69. The molecule has 0 saturated carbocycles. The monoisotopic (exact) mass is 362 g/mol. The summed E-state index contributed by atoms with van der Waals surface area (Å²) in [6, 6.07) is 17.2. The molecule has 0 spiro atoms. The molecule has 0 N–H and O–H groups in total. The summed E-state index contributed by atoms with van der Waals surface area (Å²) in [4.78, 5) is 0. The van der Waals surface area contributed by atoms with Crippen molar-refractivity contribution in [3.63, 3.8) is 0 Å². The first kappa shape index (κ1) is 19.2. The second-order valence-electron chi connectivity index (χ2n) is 7.03. The molecule has 0 aliphatic heterocycles. The predicted octanol–water partition coefficient (Wildman–Crippen LogP) is 6.54. The van der Waals surface area contributed by atoms with Crippen molar-refractivity contribution in [1.82, 2.24) is 9.78 Å². The SMILES string of the molecule is CCCC(CC)c1ccc(-c2cccc(OCC)c2)cc1-n1ccc(C)n1. The quantitative estimate of drug-likeness (QED) is 0.455. The zero-order chi connectivity index (χ0) is 19.2. The van der Waals surface area contributed by atoms with E-state index in [0.29, 0.717) is 12.5 Å². The molecule has 1 heterocycles. The van der Waals surface area contributed by atoms with Gasteiger partial charge in [-0.05, 0) is 73.6 Å². The Kier molecular flexibility index (Phi) is 6.33. The minimum atomic E-state index is 0.554. The van der Waals surface area contributed by atoms with Crippen LogP contribution in [0.3, 0.4) is 0 Å². The van der Waals surface area contributed by atoms with Gasteiger partial charge in [-0.2, -0.15) is 5.10 Å². The lowest BCUT2D eigenvalue weighted by Gasteiger charge is -2.20. The topological polar surface area (TPSA) is 27.1 Å². The number of hydrogen-bond acceptors (Lipinski definition) is 2. The van der Waals surface area contributed by atoms with Crippen LogP contribution < -0.4 is 4.74 Å². The largest absolute Gasteiger partial charge is 0.494 e. The smallest absolute Gasteiger partial charge is 0.119 e. The maximum absolute atomic E-state index is 5.68. The predicted molar refractivity (Wildman–Crippen MR) is 113 cm³/mol. The fraction of sp³-hybridized carbons (Fsp3) is 0.375. The molecule has 2 aromatic carbocycles. The number of benzene rings is 2. The second-order valence-corrected chi connectivity index (χ2v) is 7.03. The van der Waals surface area contributed by atoms with E-state index < -0.39 is 0 Å².